The first-order valence-electron chi connectivity index (χ1n) is 10.1. The third-order valence-corrected chi connectivity index (χ3v) is 5.84. The predicted octanol–water partition coefficient (Wildman–Crippen LogP) is 2.60. The molecule has 0 aromatic heterocycles. The fourth-order valence-corrected chi connectivity index (χ4v) is 4.08. The second-order valence-corrected chi connectivity index (χ2v) is 7.83. The lowest BCUT2D eigenvalue weighted by molar-refractivity contribution is -0.384. The largest absolute Gasteiger partial charge is 0.368 e. The maximum atomic E-state index is 13.0. The lowest BCUT2D eigenvalue weighted by Gasteiger charge is -2.37. The van der Waals surface area contributed by atoms with Crippen molar-refractivity contribution in [3.05, 3.63) is 64.2 Å². The Morgan fingerprint density at radius 3 is 2.17 bits per heavy atom. The molecule has 2 fully saturated rings. The van der Waals surface area contributed by atoms with Crippen molar-refractivity contribution >= 4 is 28.9 Å². The summed E-state index contributed by atoms with van der Waals surface area (Å²) >= 11 is 0. The highest BCUT2D eigenvalue weighted by Gasteiger charge is 2.37. The molecular weight excluding hydrogens is 384 g/mol. The quantitative estimate of drug-likeness (QED) is 0.573. The lowest BCUT2D eigenvalue weighted by atomic mass is 10.1. The number of piperazine rings is 1. The van der Waals surface area contributed by atoms with E-state index in [1.54, 1.807) is 17.0 Å². The van der Waals surface area contributed by atoms with E-state index < -0.39 is 4.92 Å². The average Bonchev–Trinajstić information content (AvgIpc) is 3.15. The molecule has 0 radical (unpaired) electrons. The summed E-state index contributed by atoms with van der Waals surface area (Å²) < 4.78 is 0. The number of carbonyl (C=O) groups excluding carboxylic acids is 2. The minimum atomic E-state index is -0.414. The Labute approximate surface area is 174 Å². The van der Waals surface area contributed by atoms with E-state index in [1.165, 1.54) is 12.1 Å². The van der Waals surface area contributed by atoms with Crippen LogP contribution in [-0.2, 0) is 9.59 Å². The van der Waals surface area contributed by atoms with Crippen LogP contribution in [0.15, 0.2) is 48.5 Å². The van der Waals surface area contributed by atoms with E-state index in [1.807, 2.05) is 36.1 Å². The summed E-state index contributed by atoms with van der Waals surface area (Å²) in [4.78, 5) is 41.5. The second kappa shape index (κ2) is 8.14. The number of nitrogens with zero attached hydrogens (tertiary/aromatic N) is 4. The number of nitro groups is 1. The number of amides is 2. The van der Waals surface area contributed by atoms with E-state index in [4.69, 9.17) is 0 Å². The van der Waals surface area contributed by atoms with Crippen LogP contribution in [0.5, 0.6) is 0 Å². The number of anilines is 2. The summed E-state index contributed by atoms with van der Waals surface area (Å²) in [6, 6.07) is 14.2. The highest BCUT2D eigenvalue weighted by Crippen LogP contribution is 2.27. The van der Waals surface area contributed by atoms with Crippen molar-refractivity contribution in [2.45, 2.75) is 13.3 Å². The van der Waals surface area contributed by atoms with Crippen molar-refractivity contribution in [2.24, 2.45) is 5.92 Å². The number of hydrogen-bond donors (Lipinski definition) is 0. The number of non-ortho nitro benzene ring substituents is 1. The van der Waals surface area contributed by atoms with Gasteiger partial charge in [-0.25, -0.2) is 0 Å². The van der Waals surface area contributed by atoms with Crippen molar-refractivity contribution in [2.75, 3.05) is 42.5 Å². The van der Waals surface area contributed by atoms with Gasteiger partial charge in [0.2, 0.25) is 11.8 Å². The van der Waals surface area contributed by atoms with Gasteiger partial charge in [0.05, 0.1) is 10.8 Å². The van der Waals surface area contributed by atoms with Crippen LogP contribution >= 0.6 is 0 Å². The molecule has 0 aliphatic carbocycles. The zero-order valence-corrected chi connectivity index (χ0v) is 16.9. The van der Waals surface area contributed by atoms with Crippen molar-refractivity contribution in [1.29, 1.82) is 0 Å². The zero-order chi connectivity index (χ0) is 21.3. The summed E-state index contributed by atoms with van der Waals surface area (Å²) in [5, 5.41) is 10.8. The molecule has 1 unspecified atom stereocenters. The molecule has 8 nitrogen and oxygen atoms in total. The minimum Gasteiger partial charge on any atom is -0.368 e. The number of benzene rings is 2. The average molecular weight is 408 g/mol. The van der Waals surface area contributed by atoms with Gasteiger partial charge >= 0.3 is 0 Å². The SMILES string of the molecule is Cc1ccc(N2CC(C(=O)N3CCN(c4ccc([N+](=O)[O-])cc4)CC3)CC2=O)cc1. The van der Waals surface area contributed by atoms with Crippen LogP contribution < -0.4 is 9.80 Å². The monoisotopic (exact) mass is 408 g/mol. The van der Waals surface area contributed by atoms with E-state index in [0.29, 0.717) is 32.7 Å². The summed E-state index contributed by atoms with van der Waals surface area (Å²) in [6.45, 7) is 4.88. The van der Waals surface area contributed by atoms with Crippen molar-refractivity contribution < 1.29 is 14.5 Å². The molecule has 0 spiro atoms. The first-order chi connectivity index (χ1) is 14.4. The first kappa shape index (κ1) is 19.9. The van der Waals surface area contributed by atoms with Gasteiger partial charge in [0, 0.05) is 62.7 Å². The number of hydrogen-bond acceptors (Lipinski definition) is 5. The lowest BCUT2D eigenvalue weighted by Crippen LogP contribution is -2.50. The first-order valence-corrected chi connectivity index (χ1v) is 10.1. The number of nitro benzene ring substituents is 1. The molecule has 2 aliphatic rings. The molecular formula is C22H24N4O4. The molecule has 0 saturated carbocycles. The van der Waals surface area contributed by atoms with Gasteiger partial charge in [-0.2, -0.15) is 0 Å². The molecule has 8 heteroatoms. The summed E-state index contributed by atoms with van der Waals surface area (Å²) in [5.74, 6) is -0.298. The van der Waals surface area contributed by atoms with Crippen molar-refractivity contribution in [3.8, 4) is 0 Å². The van der Waals surface area contributed by atoms with Gasteiger partial charge in [-0.3, -0.25) is 19.7 Å². The third-order valence-electron chi connectivity index (χ3n) is 5.84. The number of aryl methyl sites for hydroxylation is 1. The normalized spacial score (nSPS) is 19.3. The standard InChI is InChI=1S/C22H24N4O4/c1-16-2-4-19(5-3-16)25-15-17(14-21(25)27)22(28)24-12-10-23(11-13-24)18-6-8-20(9-7-18)26(29)30/h2-9,17H,10-15H2,1H3. The predicted molar refractivity (Wildman–Crippen MR) is 114 cm³/mol. The van der Waals surface area contributed by atoms with Crippen LogP contribution in [0.25, 0.3) is 0 Å². The van der Waals surface area contributed by atoms with Gasteiger partial charge in [-0.05, 0) is 31.2 Å². The smallest absolute Gasteiger partial charge is 0.269 e. The Morgan fingerprint density at radius 2 is 1.57 bits per heavy atom. The van der Waals surface area contributed by atoms with E-state index in [-0.39, 0.29) is 29.8 Å². The molecule has 2 aliphatic heterocycles. The molecule has 2 heterocycles. The van der Waals surface area contributed by atoms with Gasteiger partial charge in [0.15, 0.2) is 0 Å². The van der Waals surface area contributed by atoms with Crippen LogP contribution in [0.4, 0.5) is 17.1 Å². The van der Waals surface area contributed by atoms with Gasteiger partial charge in [-0.15, -0.1) is 0 Å². The molecule has 2 amide bonds. The van der Waals surface area contributed by atoms with Crippen LogP contribution in [0.1, 0.15) is 12.0 Å². The summed E-state index contributed by atoms with van der Waals surface area (Å²) in [6.07, 6.45) is 0.245. The Bertz CT molecular complexity index is 950. The van der Waals surface area contributed by atoms with E-state index in [0.717, 1.165) is 16.9 Å². The van der Waals surface area contributed by atoms with Crippen molar-refractivity contribution in [3.63, 3.8) is 0 Å². The summed E-state index contributed by atoms with van der Waals surface area (Å²) in [5.41, 5.74) is 2.94. The topological polar surface area (TPSA) is 87.0 Å². The Kier molecular flexibility index (Phi) is 5.39. The number of rotatable bonds is 4. The van der Waals surface area contributed by atoms with Crippen LogP contribution in [0.2, 0.25) is 0 Å². The molecule has 0 bridgehead atoms. The Hall–Kier alpha value is -3.42. The van der Waals surface area contributed by atoms with Crippen molar-refractivity contribution in [1.82, 2.24) is 4.90 Å². The molecule has 4 rings (SSSR count). The van der Waals surface area contributed by atoms with E-state index in [9.17, 15) is 19.7 Å². The van der Waals surface area contributed by atoms with Crippen LogP contribution in [0, 0.1) is 23.0 Å². The second-order valence-electron chi connectivity index (χ2n) is 7.83. The minimum absolute atomic E-state index is 0.0123. The number of carbonyl (C=O) groups is 2. The van der Waals surface area contributed by atoms with E-state index in [2.05, 4.69) is 4.90 Å². The third kappa shape index (κ3) is 3.98. The zero-order valence-electron chi connectivity index (χ0n) is 16.9. The van der Waals surface area contributed by atoms with Gasteiger partial charge in [-0.1, -0.05) is 17.7 Å². The molecule has 2 aromatic carbocycles. The fourth-order valence-electron chi connectivity index (χ4n) is 4.08. The van der Waals surface area contributed by atoms with Crippen LogP contribution in [0.3, 0.4) is 0 Å². The van der Waals surface area contributed by atoms with E-state index >= 15 is 0 Å². The van der Waals surface area contributed by atoms with Gasteiger partial charge < -0.3 is 14.7 Å². The van der Waals surface area contributed by atoms with Gasteiger partial charge in [0.25, 0.3) is 5.69 Å². The molecule has 0 N–H and O–H groups in total. The highest BCUT2D eigenvalue weighted by atomic mass is 16.6. The molecule has 1 atom stereocenters. The van der Waals surface area contributed by atoms with Gasteiger partial charge in [0.1, 0.15) is 0 Å². The van der Waals surface area contributed by atoms with Crippen LogP contribution in [-0.4, -0.2) is 54.4 Å². The maximum absolute atomic E-state index is 13.0. The maximum Gasteiger partial charge on any atom is 0.269 e. The summed E-state index contributed by atoms with van der Waals surface area (Å²) in [7, 11) is 0. The fraction of sp³-hybridized carbons (Fsp3) is 0.364. The molecule has 156 valence electrons. The Balaban J connectivity index is 1.34. The Morgan fingerprint density at radius 1 is 0.967 bits per heavy atom. The highest BCUT2D eigenvalue weighted by molar-refractivity contribution is 6.00. The molecule has 30 heavy (non-hydrogen) atoms. The molecule has 2 aromatic rings. The molecule has 2 saturated heterocycles.